The summed E-state index contributed by atoms with van der Waals surface area (Å²) in [6, 6.07) is 4.86. The maximum atomic E-state index is 12.1. The van der Waals surface area contributed by atoms with Crippen LogP contribution >= 0.6 is 23.2 Å². The first-order valence-electron chi connectivity index (χ1n) is 7.67. The van der Waals surface area contributed by atoms with Gasteiger partial charge in [0, 0.05) is 31.0 Å². The molecule has 1 fully saturated rings. The molecule has 1 aliphatic rings. The molecule has 128 valence electrons. The van der Waals surface area contributed by atoms with Crippen LogP contribution in [0.25, 0.3) is 0 Å². The molecule has 3 rings (SSSR count). The van der Waals surface area contributed by atoms with Gasteiger partial charge in [0.2, 0.25) is 5.89 Å². The minimum Gasteiger partial charge on any atom is -0.482 e. The molecule has 0 saturated heterocycles. The summed E-state index contributed by atoms with van der Waals surface area (Å²) in [5.41, 5.74) is 0. The van der Waals surface area contributed by atoms with Crippen molar-refractivity contribution in [3.05, 3.63) is 40.0 Å². The van der Waals surface area contributed by atoms with E-state index in [1.165, 1.54) is 0 Å². The predicted molar refractivity (Wildman–Crippen MR) is 89.6 cm³/mol. The first-order chi connectivity index (χ1) is 11.5. The van der Waals surface area contributed by atoms with E-state index in [0.717, 1.165) is 12.8 Å². The Balaban J connectivity index is 1.45. The van der Waals surface area contributed by atoms with Crippen LogP contribution in [0.5, 0.6) is 5.75 Å². The number of nitrogens with zero attached hydrogens (tertiary/aromatic N) is 3. The van der Waals surface area contributed by atoms with Crippen LogP contribution in [-0.4, -0.2) is 41.1 Å². The van der Waals surface area contributed by atoms with Gasteiger partial charge in [-0.3, -0.25) is 4.79 Å². The van der Waals surface area contributed by atoms with E-state index in [1.54, 1.807) is 30.1 Å². The standard InChI is InChI=1S/C16H17Cl2N3O3/c1-21(7-6-14-19-16(24-20-14)10-2-3-10)15(22)9-23-13-5-4-11(17)8-12(13)18/h4-5,8,10H,2-3,6-7,9H2,1H3. The summed E-state index contributed by atoms with van der Waals surface area (Å²) in [7, 11) is 1.71. The molecular weight excluding hydrogens is 353 g/mol. The molecule has 1 amide bonds. The fourth-order valence-corrected chi connectivity index (χ4v) is 2.56. The predicted octanol–water partition coefficient (Wildman–Crippen LogP) is 3.33. The van der Waals surface area contributed by atoms with Gasteiger partial charge in [0.1, 0.15) is 5.75 Å². The van der Waals surface area contributed by atoms with E-state index in [9.17, 15) is 4.79 Å². The lowest BCUT2D eigenvalue weighted by molar-refractivity contribution is -0.132. The van der Waals surface area contributed by atoms with Crippen LogP contribution < -0.4 is 4.74 Å². The summed E-state index contributed by atoms with van der Waals surface area (Å²) in [5.74, 6) is 2.03. The van der Waals surface area contributed by atoms with Crippen LogP contribution in [0.3, 0.4) is 0 Å². The van der Waals surface area contributed by atoms with Gasteiger partial charge in [0.05, 0.1) is 5.02 Å². The Morgan fingerprint density at radius 1 is 1.42 bits per heavy atom. The number of carbonyl (C=O) groups excluding carboxylic acids is 1. The molecule has 1 aromatic carbocycles. The van der Waals surface area contributed by atoms with E-state index in [1.807, 2.05) is 0 Å². The zero-order valence-corrected chi connectivity index (χ0v) is 14.7. The topological polar surface area (TPSA) is 68.5 Å². The van der Waals surface area contributed by atoms with Crippen molar-refractivity contribution in [2.75, 3.05) is 20.2 Å². The number of carbonyl (C=O) groups is 1. The Morgan fingerprint density at radius 3 is 2.92 bits per heavy atom. The molecule has 0 spiro atoms. The number of benzene rings is 1. The average molecular weight is 370 g/mol. The maximum Gasteiger partial charge on any atom is 0.260 e. The quantitative estimate of drug-likeness (QED) is 0.748. The van der Waals surface area contributed by atoms with Gasteiger partial charge >= 0.3 is 0 Å². The molecule has 24 heavy (non-hydrogen) atoms. The second kappa shape index (κ2) is 7.40. The lowest BCUT2D eigenvalue weighted by Crippen LogP contribution is -2.33. The Morgan fingerprint density at radius 2 is 2.21 bits per heavy atom. The van der Waals surface area contributed by atoms with Gasteiger partial charge in [-0.05, 0) is 31.0 Å². The Hall–Kier alpha value is -1.79. The third-order valence-electron chi connectivity index (χ3n) is 3.75. The molecule has 2 aromatic rings. The first kappa shape index (κ1) is 17.0. The molecule has 1 aliphatic carbocycles. The molecule has 1 heterocycles. The number of ether oxygens (including phenoxy) is 1. The summed E-state index contributed by atoms with van der Waals surface area (Å²) >= 11 is 11.8. The van der Waals surface area contributed by atoms with Gasteiger partial charge < -0.3 is 14.2 Å². The van der Waals surface area contributed by atoms with Gasteiger partial charge in [0.15, 0.2) is 12.4 Å². The monoisotopic (exact) mass is 369 g/mol. The van der Waals surface area contributed by atoms with Gasteiger partial charge in [-0.1, -0.05) is 28.4 Å². The number of hydrogen-bond acceptors (Lipinski definition) is 5. The van der Waals surface area contributed by atoms with Crippen molar-refractivity contribution in [3.63, 3.8) is 0 Å². The van der Waals surface area contributed by atoms with Crippen LogP contribution in [0.2, 0.25) is 10.0 Å². The largest absolute Gasteiger partial charge is 0.482 e. The zero-order chi connectivity index (χ0) is 17.1. The summed E-state index contributed by atoms with van der Waals surface area (Å²) in [6.45, 7) is 0.387. The molecule has 1 saturated carbocycles. The SMILES string of the molecule is CN(CCc1noc(C2CC2)n1)C(=O)COc1ccc(Cl)cc1Cl. The number of likely N-dealkylation sites (N-methyl/N-ethyl adjacent to an activating group) is 1. The van der Waals surface area contributed by atoms with Crippen molar-refractivity contribution in [2.24, 2.45) is 0 Å². The highest BCUT2D eigenvalue weighted by atomic mass is 35.5. The van der Waals surface area contributed by atoms with Gasteiger partial charge in [-0.25, -0.2) is 0 Å². The second-order valence-corrected chi connectivity index (χ2v) is 6.60. The molecular formula is C16H17Cl2N3O3. The van der Waals surface area contributed by atoms with Crippen LogP contribution in [0.15, 0.2) is 22.7 Å². The van der Waals surface area contributed by atoms with Crippen molar-refractivity contribution < 1.29 is 14.1 Å². The van der Waals surface area contributed by atoms with Crippen molar-refractivity contribution in [3.8, 4) is 5.75 Å². The van der Waals surface area contributed by atoms with Crippen LogP contribution in [-0.2, 0) is 11.2 Å². The highest BCUT2D eigenvalue weighted by molar-refractivity contribution is 6.35. The van der Waals surface area contributed by atoms with Crippen LogP contribution in [0.4, 0.5) is 0 Å². The van der Waals surface area contributed by atoms with E-state index < -0.39 is 0 Å². The van der Waals surface area contributed by atoms with E-state index in [4.69, 9.17) is 32.5 Å². The first-order valence-corrected chi connectivity index (χ1v) is 8.43. The highest BCUT2D eigenvalue weighted by Gasteiger charge is 2.29. The fourth-order valence-electron chi connectivity index (χ4n) is 2.10. The van der Waals surface area contributed by atoms with E-state index >= 15 is 0 Å². The number of hydrogen-bond donors (Lipinski definition) is 0. The van der Waals surface area contributed by atoms with Gasteiger partial charge in [0.25, 0.3) is 5.91 Å². The molecule has 6 nitrogen and oxygen atoms in total. The minimum atomic E-state index is -0.160. The lowest BCUT2D eigenvalue weighted by Gasteiger charge is -2.16. The summed E-state index contributed by atoms with van der Waals surface area (Å²) in [4.78, 5) is 18.0. The third kappa shape index (κ3) is 4.39. The zero-order valence-electron chi connectivity index (χ0n) is 13.2. The number of aromatic nitrogens is 2. The smallest absolute Gasteiger partial charge is 0.260 e. The van der Waals surface area contributed by atoms with Gasteiger partial charge in [-0.2, -0.15) is 4.98 Å². The van der Waals surface area contributed by atoms with Gasteiger partial charge in [-0.15, -0.1) is 0 Å². The molecule has 8 heteroatoms. The minimum absolute atomic E-state index is 0.0998. The molecule has 0 unspecified atom stereocenters. The van der Waals surface area contributed by atoms with E-state index in [0.29, 0.717) is 46.4 Å². The van der Waals surface area contributed by atoms with Crippen molar-refractivity contribution in [2.45, 2.75) is 25.2 Å². The Bertz CT molecular complexity index is 731. The average Bonchev–Trinajstić information content (AvgIpc) is 3.30. The Kier molecular flexibility index (Phi) is 5.26. The second-order valence-electron chi connectivity index (χ2n) is 5.75. The Labute approximate surface area is 149 Å². The van der Waals surface area contributed by atoms with Crippen molar-refractivity contribution >= 4 is 29.1 Å². The molecule has 0 radical (unpaired) electrons. The fraction of sp³-hybridized carbons (Fsp3) is 0.438. The maximum absolute atomic E-state index is 12.1. The summed E-state index contributed by atoms with van der Waals surface area (Å²) < 4.78 is 10.6. The highest BCUT2D eigenvalue weighted by Crippen LogP contribution is 2.38. The lowest BCUT2D eigenvalue weighted by atomic mass is 10.3. The van der Waals surface area contributed by atoms with Crippen molar-refractivity contribution in [1.29, 1.82) is 0 Å². The molecule has 0 aliphatic heterocycles. The number of amides is 1. The molecule has 0 bridgehead atoms. The molecule has 0 N–H and O–H groups in total. The summed E-state index contributed by atoms with van der Waals surface area (Å²) in [5, 5.41) is 4.82. The third-order valence-corrected chi connectivity index (χ3v) is 4.28. The number of rotatable bonds is 7. The molecule has 1 aromatic heterocycles. The van der Waals surface area contributed by atoms with Crippen LogP contribution in [0.1, 0.15) is 30.5 Å². The van der Waals surface area contributed by atoms with Crippen LogP contribution in [0, 0.1) is 0 Å². The van der Waals surface area contributed by atoms with Crippen molar-refractivity contribution in [1.82, 2.24) is 15.0 Å². The summed E-state index contributed by atoms with van der Waals surface area (Å²) in [6.07, 6.45) is 2.77. The normalized spacial score (nSPS) is 13.8. The van der Waals surface area contributed by atoms with E-state index in [-0.39, 0.29) is 12.5 Å². The van der Waals surface area contributed by atoms with E-state index in [2.05, 4.69) is 10.1 Å². The molecule has 0 atom stereocenters. The number of halogens is 2.